The largest absolute Gasteiger partial charge is 0.356 e. The van der Waals surface area contributed by atoms with Gasteiger partial charge in [-0.25, -0.2) is 0 Å². The monoisotopic (exact) mass is 111 g/mol. The Morgan fingerprint density at radius 3 is 2.25 bits per heavy atom. The average molecular weight is 111 g/mol. The quantitative estimate of drug-likeness (QED) is 0.443. The van der Waals surface area contributed by atoms with Gasteiger partial charge in [0.15, 0.2) is 0 Å². The molecule has 0 saturated carbocycles. The third-order valence-electron chi connectivity index (χ3n) is 0.903. The molecule has 1 N–H and O–H groups in total. The van der Waals surface area contributed by atoms with Gasteiger partial charge in [0.2, 0.25) is 5.91 Å². The molecule has 1 aliphatic heterocycles. The normalized spacial score (nSPS) is 16.0. The van der Waals surface area contributed by atoms with Crippen molar-refractivity contribution in [1.29, 1.82) is 0 Å². The number of carbonyl (C=O) groups excluding carboxylic acids is 1. The minimum Gasteiger partial charge on any atom is -0.356 e. The Kier molecular flexibility index (Phi) is 3.69. The van der Waals surface area contributed by atoms with E-state index >= 15 is 0 Å². The Balaban J connectivity index is 0.000000222. The van der Waals surface area contributed by atoms with Crippen LogP contribution >= 0.6 is 0 Å². The summed E-state index contributed by atoms with van der Waals surface area (Å²) in [5.74, 6) is 0.204. The molecule has 2 nitrogen and oxygen atoms in total. The predicted molar refractivity (Wildman–Crippen MR) is 32.1 cm³/mol. The zero-order chi connectivity index (χ0) is 6.41. The zero-order valence-electron chi connectivity index (χ0n) is 4.68. The molecule has 1 aliphatic rings. The van der Waals surface area contributed by atoms with Gasteiger partial charge in [-0.3, -0.25) is 4.79 Å². The van der Waals surface area contributed by atoms with Gasteiger partial charge in [0.05, 0.1) is 0 Å². The highest BCUT2D eigenvalue weighted by molar-refractivity contribution is 5.77. The molecule has 0 atom stereocenters. The molecule has 0 spiro atoms. The van der Waals surface area contributed by atoms with Crippen molar-refractivity contribution in [2.75, 3.05) is 6.54 Å². The minimum atomic E-state index is 0.204. The van der Waals surface area contributed by atoms with Crippen molar-refractivity contribution in [3.8, 4) is 12.8 Å². The number of terminal acetylenes is 1. The van der Waals surface area contributed by atoms with E-state index in [9.17, 15) is 4.79 Å². The van der Waals surface area contributed by atoms with Crippen molar-refractivity contribution >= 4 is 5.91 Å². The highest BCUT2D eigenvalue weighted by Crippen LogP contribution is 1.93. The van der Waals surface area contributed by atoms with E-state index in [0.29, 0.717) is 0 Å². The first kappa shape index (κ1) is 7.03. The van der Waals surface area contributed by atoms with E-state index in [0.717, 1.165) is 19.4 Å². The summed E-state index contributed by atoms with van der Waals surface area (Å²) in [6.45, 7) is 0.888. The maximum atomic E-state index is 10.1. The van der Waals surface area contributed by atoms with E-state index in [4.69, 9.17) is 0 Å². The summed E-state index contributed by atoms with van der Waals surface area (Å²) >= 11 is 0. The summed E-state index contributed by atoms with van der Waals surface area (Å²) < 4.78 is 0. The van der Waals surface area contributed by atoms with Gasteiger partial charge in [0.25, 0.3) is 0 Å². The van der Waals surface area contributed by atoms with Gasteiger partial charge in [-0.05, 0) is 6.42 Å². The molecule has 1 fully saturated rings. The second-order valence-corrected chi connectivity index (χ2v) is 1.45. The Morgan fingerprint density at radius 1 is 1.50 bits per heavy atom. The first-order valence-corrected chi connectivity index (χ1v) is 2.49. The second-order valence-electron chi connectivity index (χ2n) is 1.45. The molecule has 0 aliphatic carbocycles. The van der Waals surface area contributed by atoms with Crippen LogP contribution in [0.15, 0.2) is 0 Å². The molecule has 44 valence electrons. The Labute approximate surface area is 49.3 Å². The lowest BCUT2D eigenvalue weighted by molar-refractivity contribution is -0.119. The molecule has 0 aromatic heterocycles. The van der Waals surface area contributed by atoms with E-state index in [1.165, 1.54) is 0 Å². The molecular weight excluding hydrogens is 102 g/mol. The highest BCUT2D eigenvalue weighted by atomic mass is 16.1. The van der Waals surface area contributed by atoms with E-state index in [1.54, 1.807) is 0 Å². The fourth-order valence-electron chi connectivity index (χ4n) is 0.565. The molecule has 1 rings (SSSR count). The lowest BCUT2D eigenvalue weighted by Crippen LogP contribution is -2.12. The van der Waals surface area contributed by atoms with Crippen LogP contribution in [-0.4, -0.2) is 12.5 Å². The molecule has 0 aromatic rings. The fraction of sp³-hybridized carbons (Fsp3) is 0.500. The zero-order valence-corrected chi connectivity index (χ0v) is 4.68. The van der Waals surface area contributed by atoms with Crippen molar-refractivity contribution in [3.05, 3.63) is 0 Å². The van der Waals surface area contributed by atoms with Crippen LogP contribution in [0.3, 0.4) is 0 Å². The molecule has 1 heterocycles. The van der Waals surface area contributed by atoms with E-state index in [2.05, 4.69) is 18.2 Å². The van der Waals surface area contributed by atoms with Crippen molar-refractivity contribution < 1.29 is 4.79 Å². The lowest BCUT2D eigenvalue weighted by atomic mass is 10.4. The van der Waals surface area contributed by atoms with Crippen molar-refractivity contribution in [2.45, 2.75) is 12.8 Å². The summed E-state index contributed by atoms with van der Waals surface area (Å²) in [5.41, 5.74) is 0. The summed E-state index contributed by atoms with van der Waals surface area (Å²) in [6.07, 6.45) is 9.76. The van der Waals surface area contributed by atoms with E-state index in [-0.39, 0.29) is 5.91 Å². The number of nitrogens with one attached hydrogen (secondary N) is 1. The van der Waals surface area contributed by atoms with Crippen LogP contribution in [0.4, 0.5) is 0 Å². The maximum Gasteiger partial charge on any atom is 0.220 e. The SMILES string of the molecule is C#C.O=C1CCCN1. The van der Waals surface area contributed by atoms with Gasteiger partial charge >= 0.3 is 0 Å². The standard InChI is InChI=1S/C4H7NO.C2H2/c6-4-2-1-3-5-4;1-2/h1-3H2,(H,5,6);1-2H. The van der Waals surface area contributed by atoms with Gasteiger partial charge in [0, 0.05) is 13.0 Å². The van der Waals surface area contributed by atoms with E-state index < -0.39 is 0 Å². The molecule has 8 heavy (non-hydrogen) atoms. The Hall–Kier alpha value is -0.970. The summed E-state index contributed by atoms with van der Waals surface area (Å²) in [7, 11) is 0. The van der Waals surface area contributed by atoms with Crippen LogP contribution in [0.25, 0.3) is 0 Å². The van der Waals surface area contributed by atoms with Crippen LogP contribution in [0.1, 0.15) is 12.8 Å². The van der Waals surface area contributed by atoms with Crippen LogP contribution in [0, 0.1) is 12.8 Å². The van der Waals surface area contributed by atoms with Crippen LogP contribution in [-0.2, 0) is 4.79 Å². The molecule has 0 radical (unpaired) electrons. The molecule has 0 aromatic carbocycles. The Bertz CT molecular complexity index is 87.9. The summed E-state index contributed by atoms with van der Waals surface area (Å²) in [4.78, 5) is 10.1. The number of carbonyl (C=O) groups is 1. The van der Waals surface area contributed by atoms with Gasteiger partial charge in [0.1, 0.15) is 0 Å². The molecule has 1 amide bonds. The first-order chi connectivity index (χ1) is 3.89. The topological polar surface area (TPSA) is 29.1 Å². The number of amides is 1. The average Bonchev–Trinajstić information content (AvgIpc) is 2.24. The van der Waals surface area contributed by atoms with Crippen molar-refractivity contribution in [3.63, 3.8) is 0 Å². The fourth-order valence-corrected chi connectivity index (χ4v) is 0.565. The maximum absolute atomic E-state index is 10.1. The van der Waals surface area contributed by atoms with Crippen molar-refractivity contribution in [1.82, 2.24) is 5.32 Å². The third-order valence-corrected chi connectivity index (χ3v) is 0.903. The lowest BCUT2D eigenvalue weighted by Gasteiger charge is -1.80. The van der Waals surface area contributed by atoms with Gasteiger partial charge in [-0.2, -0.15) is 0 Å². The summed E-state index contributed by atoms with van der Waals surface area (Å²) in [5, 5.41) is 2.68. The smallest absolute Gasteiger partial charge is 0.220 e. The highest BCUT2D eigenvalue weighted by Gasteiger charge is 2.05. The van der Waals surface area contributed by atoms with Gasteiger partial charge in [-0.1, -0.05) is 0 Å². The molecule has 0 unspecified atom stereocenters. The molecule has 0 bridgehead atoms. The van der Waals surface area contributed by atoms with Crippen LogP contribution in [0.2, 0.25) is 0 Å². The van der Waals surface area contributed by atoms with Gasteiger partial charge in [-0.15, -0.1) is 12.8 Å². The third kappa shape index (κ3) is 2.25. The van der Waals surface area contributed by atoms with Crippen molar-refractivity contribution in [2.24, 2.45) is 0 Å². The van der Waals surface area contributed by atoms with Gasteiger partial charge < -0.3 is 5.32 Å². The molecule has 2 heteroatoms. The number of hydrogen-bond donors (Lipinski definition) is 1. The first-order valence-electron chi connectivity index (χ1n) is 2.49. The van der Waals surface area contributed by atoms with E-state index in [1.807, 2.05) is 0 Å². The molecular formula is C6H9NO. The minimum absolute atomic E-state index is 0.204. The van der Waals surface area contributed by atoms with Crippen LogP contribution in [0.5, 0.6) is 0 Å². The predicted octanol–water partition coefficient (Wildman–Crippen LogP) is 0.146. The number of rotatable bonds is 0. The summed E-state index contributed by atoms with van der Waals surface area (Å²) in [6, 6.07) is 0. The number of hydrogen-bond acceptors (Lipinski definition) is 1. The molecule has 1 saturated heterocycles. The second kappa shape index (κ2) is 4.20. The Morgan fingerprint density at radius 2 is 2.12 bits per heavy atom. The van der Waals surface area contributed by atoms with Crippen LogP contribution < -0.4 is 5.32 Å².